The minimum atomic E-state index is -3.70. The van der Waals surface area contributed by atoms with Gasteiger partial charge < -0.3 is 10.6 Å². The summed E-state index contributed by atoms with van der Waals surface area (Å²) in [6.45, 7) is 4.63. The fourth-order valence-corrected chi connectivity index (χ4v) is 7.09. The molecular formula is C28H32N4O4S2. The Bertz CT molecular complexity index is 1410. The van der Waals surface area contributed by atoms with Crippen LogP contribution in [0.2, 0.25) is 0 Å². The number of amides is 2. The summed E-state index contributed by atoms with van der Waals surface area (Å²) in [5.41, 5.74) is 0.401. The zero-order chi connectivity index (χ0) is 27.3. The lowest BCUT2D eigenvalue weighted by atomic mass is 10.0. The Morgan fingerprint density at radius 1 is 1.11 bits per heavy atom. The number of nitriles is 1. The second-order valence-corrected chi connectivity index (χ2v) is 13.0. The van der Waals surface area contributed by atoms with Crippen molar-refractivity contribution in [1.82, 2.24) is 14.9 Å². The Balaban J connectivity index is 1.39. The second-order valence-electron chi connectivity index (χ2n) is 9.98. The third-order valence-corrected chi connectivity index (χ3v) is 9.66. The third kappa shape index (κ3) is 6.59. The molecule has 0 saturated carbocycles. The van der Waals surface area contributed by atoms with Gasteiger partial charge in [0, 0.05) is 23.8 Å². The van der Waals surface area contributed by atoms with E-state index in [0.717, 1.165) is 10.1 Å². The van der Waals surface area contributed by atoms with Crippen LogP contribution in [0.1, 0.15) is 54.8 Å². The topological polar surface area (TPSA) is 119 Å². The number of hydrogen-bond donors (Lipinski definition) is 2. The van der Waals surface area contributed by atoms with E-state index in [4.69, 9.17) is 5.26 Å². The molecule has 1 aliphatic heterocycles. The fraction of sp³-hybridized carbons (Fsp3) is 0.393. The molecule has 2 amide bonds. The summed E-state index contributed by atoms with van der Waals surface area (Å²) in [6.07, 6.45) is 2.21. The fourth-order valence-electron chi connectivity index (χ4n) is 4.63. The zero-order valence-electron chi connectivity index (χ0n) is 21.5. The van der Waals surface area contributed by atoms with Crippen LogP contribution < -0.4 is 10.6 Å². The van der Waals surface area contributed by atoms with Crippen LogP contribution in [-0.4, -0.2) is 49.7 Å². The Morgan fingerprint density at radius 2 is 1.84 bits per heavy atom. The number of rotatable bonds is 8. The van der Waals surface area contributed by atoms with Gasteiger partial charge in [0.05, 0.1) is 21.4 Å². The van der Waals surface area contributed by atoms with E-state index in [1.54, 1.807) is 0 Å². The van der Waals surface area contributed by atoms with E-state index in [-0.39, 0.29) is 35.2 Å². The van der Waals surface area contributed by atoms with Gasteiger partial charge in [0.2, 0.25) is 15.9 Å². The van der Waals surface area contributed by atoms with Crippen molar-refractivity contribution in [2.45, 2.75) is 56.5 Å². The van der Waals surface area contributed by atoms with Crippen molar-refractivity contribution in [3.63, 3.8) is 0 Å². The van der Waals surface area contributed by atoms with Gasteiger partial charge in [-0.05, 0) is 73.4 Å². The van der Waals surface area contributed by atoms with E-state index in [1.807, 2.05) is 50.2 Å². The normalized spacial score (nSPS) is 17.5. The zero-order valence-corrected chi connectivity index (χ0v) is 23.1. The number of fused-ring (bicyclic) bond motifs is 1. The third-order valence-electron chi connectivity index (χ3n) is 6.63. The highest BCUT2D eigenvalue weighted by Gasteiger charge is 2.30. The number of benzene rings is 2. The van der Waals surface area contributed by atoms with Crippen molar-refractivity contribution in [1.29, 1.82) is 5.26 Å². The van der Waals surface area contributed by atoms with Crippen LogP contribution in [0.4, 0.5) is 0 Å². The Kier molecular flexibility index (Phi) is 8.82. The molecule has 1 fully saturated rings. The first-order valence-corrected chi connectivity index (χ1v) is 15.0. The summed E-state index contributed by atoms with van der Waals surface area (Å²) in [6, 6.07) is 16.6. The van der Waals surface area contributed by atoms with Crippen molar-refractivity contribution < 1.29 is 18.0 Å². The lowest BCUT2D eigenvalue weighted by molar-refractivity contribution is -0.124. The van der Waals surface area contributed by atoms with E-state index in [1.165, 1.54) is 39.9 Å². The van der Waals surface area contributed by atoms with Gasteiger partial charge in [0.25, 0.3) is 5.91 Å². The molecule has 0 spiro atoms. The minimum Gasteiger partial charge on any atom is -0.352 e. The quantitative estimate of drug-likeness (QED) is 0.432. The average molecular weight is 553 g/mol. The maximum absolute atomic E-state index is 13.3. The van der Waals surface area contributed by atoms with Gasteiger partial charge in [-0.1, -0.05) is 32.0 Å². The molecule has 2 unspecified atom stereocenters. The van der Waals surface area contributed by atoms with Crippen LogP contribution in [0.15, 0.2) is 59.5 Å². The molecule has 0 radical (unpaired) electrons. The van der Waals surface area contributed by atoms with E-state index >= 15 is 0 Å². The van der Waals surface area contributed by atoms with Crippen molar-refractivity contribution >= 4 is 43.3 Å². The van der Waals surface area contributed by atoms with Crippen LogP contribution in [-0.2, 0) is 14.8 Å². The SMILES string of the molecule is CC(C)CC(NC(=O)c1cc2ccccc2s1)C(=O)NC1CCCN(S(=O)(=O)c2ccc(C#N)cc2)CC1. The molecule has 10 heteroatoms. The predicted molar refractivity (Wildman–Crippen MR) is 148 cm³/mol. The molecule has 4 rings (SSSR count). The Morgan fingerprint density at radius 3 is 2.53 bits per heavy atom. The number of thiophene rings is 1. The van der Waals surface area contributed by atoms with Gasteiger partial charge >= 0.3 is 0 Å². The van der Waals surface area contributed by atoms with Crippen molar-refractivity contribution in [2.24, 2.45) is 5.92 Å². The molecular weight excluding hydrogens is 520 g/mol. The molecule has 200 valence electrons. The monoisotopic (exact) mass is 552 g/mol. The first-order chi connectivity index (χ1) is 18.2. The summed E-state index contributed by atoms with van der Waals surface area (Å²) in [5.74, 6) is -0.329. The van der Waals surface area contributed by atoms with E-state index in [0.29, 0.717) is 42.7 Å². The number of carbonyl (C=O) groups is 2. The molecule has 8 nitrogen and oxygen atoms in total. The van der Waals surface area contributed by atoms with Gasteiger partial charge in [0.15, 0.2) is 0 Å². The molecule has 2 aromatic carbocycles. The number of hydrogen-bond acceptors (Lipinski definition) is 6. The van der Waals surface area contributed by atoms with E-state index in [9.17, 15) is 18.0 Å². The smallest absolute Gasteiger partial charge is 0.262 e. The van der Waals surface area contributed by atoms with E-state index < -0.39 is 16.1 Å². The maximum Gasteiger partial charge on any atom is 0.262 e. The van der Waals surface area contributed by atoms with Gasteiger partial charge in [-0.25, -0.2) is 8.42 Å². The van der Waals surface area contributed by atoms with Crippen LogP contribution in [0, 0.1) is 17.2 Å². The lowest BCUT2D eigenvalue weighted by Crippen LogP contribution is -2.50. The van der Waals surface area contributed by atoms with Gasteiger partial charge in [-0.15, -0.1) is 11.3 Å². The summed E-state index contributed by atoms with van der Waals surface area (Å²) in [7, 11) is -3.70. The molecule has 2 N–H and O–H groups in total. The Labute approximate surface area is 227 Å². The predicted octanol–water partition coefficient (Wildman–Crippen LogP) is 4.28. The summed E-state index contributed by atoms with van der Waals surface area (Å²) < 4.78 is 28.7. The van der Waals surface area contributed by atoms with E-state index in [2.05, 4.69) is 10.6 Å². The molecule has 0 aliphatic carbocycles. The van der Waals surface area contributed by atoms with Gasteiger partial charge in [-0.2, -0.15) is 9.57 Å². The molecule has 0 bridgehead atoms. The van der Waals surface area contributed by atoms with Gasteiger partial charge in [-0.3, -0.25) is 9.59 Å². The van der Waals surface area contributed by atoms with Crippen molar-refractivity contribution in [3.05, 3.63) is 65.0 Å². The van der Waals surface area contributed by atoms with Crippen molar-refractivity contribution in [2.75, 3.05) is 13.1 Å². The number of nitrogens with one attached hydrogen (secondary N) is 2. The Hall–Kier alpha value is -3.26. The molecule has 1 saturated heterocycles. The maximum atomic E-state index is 13.3. The number of sulfonamides is 1. The molecule has 38 heavy (non-hydrogen) atoms. The van der Waals surface area contributed by atoms with Crippen molar-refractivity contribution in [3.8, 4) is 6.07 Å². The molecule has 1 aromatic heterocycles. The molecule has 3 aromatic rings. The molecule has 2 heterocycles. The van der Waals surface area contributed by atoms with Crippen LogP contribution in [0.5, 0.6) is 0 Å². The highest BCUT2D eigenvalue weighted by atomic mass is 32.2. The molecule has 1 aliphatic rings. The summed E-state index contributed by atoms with van der Waals surface area (Å²) in [4.78, 5) is 27.0. The standard InChI is InChI=1S/C28H32N4O4S2/c1-19(2)16-24(31-28(34)26-17-21-6-3-4-8-25(21)37-26)27(33)30-22-7-5-14-32(15-13-22)38(35,36)23-11-9-20(18-29)10-12-23/h3-4,6,8-12,17,19,22,24H,5,7,13-16H2,1-2H3,(H,30,33)(H,31,34). The summed E-state index contributed by atoms with van der Waals surface area (Å²) in [5, 5.41) is 16.0. The second kappa shape index (κ2) is 12.1. The number of carbonyl (C=O) groups excluding carboxylic acids is 2. The molecule has 2 atom stereocenters. The minimum absolute atomic E-state index is 0.153. The first kappa shape index (κ1) is 27.8. The highest BCUT2D eigenvalue weighted by molar-refractivity contribution is 7.89. The number of nitrogens with zero attached hydrogens (tertiary/aromatic N) is 2. The van der Waals surface area contributed by atoms with Crippen LogP contribution in [0.25, 0.3) is 10.1 Å². The van der Waals surface area contributed by atoms with Crippen LogP contribution >= 0.6 is 11.3 Å². The highest BCUT2D eigenvalue weighted by Crippen LogP contribution is 2.26. The van der Waals surface area contributed by atoms with Crippen LogP contribution in [0.3, 0.4) is 0 Å². The largest absolute Gasteiger partial charge is 0.352 e. The summed E-state index contributed by atoms with van der Waals surface area (Å²) >= 11 is 1.40. The van der Waals surface area contributed by atoms with Gasteiger partial charge in [0.1, 0.15) is 6.04 Å². The average Bonchev–Trinajstić information content (AvgIpc) is 3.20. The lowest BCUT2D eigenvalue weighted by Gasteiger charge is -2.24. The first-order valence-electron chi connectivity index (χ1n) is 12.8.